The van der Waals surface area contributed by atoms with Gasteiger partial charge in [-0.05, 0) is 36.4 Å². The molecule has 0 bridgehead atoms. The van der Waals surface area contributed by atoms with Gasteiger partial charge in [0.15, 0.2) is 18.1 Å². The molecule has 0 saturated heterocycles. The molecule has 0 atom stereocenters. The summed E-state index contributed by atoms with van der Waals surface area (Å²) < 4.78 is 4.94. The second-order valence-electron chi connectivity index (χ2n) is 5.49. The molecule has 7 nitrogen and oxygen atoms in total. The van der Waals surface area contributed by atoms with Gasteiger partial charge in [-0.1, -0.05) is 18.2 Å². The Morgan fingerprint density at radius 1 is 0.889 bits per heavy atom. The lowest BCUT2D eigenvalue weighted by Gasteiger charge is -2.07. The van der Waals surface area contributed by atoms with Gasteiger partial charge in [-0.2, -0.15) is 0 Å². The fraction of sp³-hybridized carbons (Fsp3) is 0.0500. The zero-order valence-corrected chi connectivity index (χ0v) is 14.2. The summed E-state index contributed by atoms with van der Waals surface area (Å²) >= 11 is 0. The minimum atomic E-state index is -0.719. The van der Waals surface area contributed by atoms with Gasteiger partial charge in [0.2, 0.25) is 0 Å². The minimum absolute atomic E-state index is 0.0317. The molecule has 1 N–H and O–H groups in total. The summed E-state index contributed by atoms with van der Waals surface area (Å²) in [5.41, 5.74) is 1.48. The number of ketones is 1. The van der Waals surface area contributed by atoms with E-state index in [2.05, 4.69) is 15.3 Å². The molecule has 7 heteroatoms. The second-order valence-corrected chi connectivity index (χ2v) is 5.49. The van der Waals surface area contributed by atoms with Crippen LogP contribution in [-0.2, 0) is 4.74 Å². The molecule has 0 unspecified atom stereocenters. The van der Waals surface area contributed by atoms with Crippen molar-refractivity contribution in [2.45, 2.75) is 0 Å². The Morgan fingerprint density at radius 2 is 1.63 bits per heavy atom. The summed E-state index contributed by atoms with van der Waals surface area (Å²) in [5.74, 6) is -1.33. The van der Waals surface area contributed by atoms with Crippen LogP contribution in [0.4, 0.5) is 5.69 Å². The van der Waals surface area contributed by atoms with Gasteiger partial charge in [-0.15, -0.1) is 0 Å². The van der Waals surface area contributed by atoms with Crippen molar-refractivity contribution < 1.29 is 19.1 Å². The van der Waals surface area contributed by atoms with Crippen LogP contribution in [0.15, 0.2) is 73.2 Å². The first-order valence-electron chi connectivity index (χ1n) is 8.06. The van der Waals surface area contributed by atoms with Crippen LogP contribution in [0.25, 0.3) is 0 Å². The first kappa shape index (κ1) is 17.9. The third-order valence-electron chi connectivity index (χ3n) is 3.61. The van der Waals surface area contributed by atoms with Gasteiger partial charge in [0.05, 0.1) is 6.20 Å². The van der Waals surface area contributed by atoms with Crippen molar-refractivity contribution in [3.63, 3.8) is 0 Å². The van der Waals surface area contributed by atoms with E-state index in [1.807, 2.05) is 6.07 Å². The number of anilines is 1. The molecule has 27 heavy (non-hydrogen) atoms. The second kappa shape index (κ2) is 8.48. The van der Waals surface area contributed by atoms with Gasteiger partial charge in [0.25, 0.3) is 5.91 Å². The van der Waals surface area contributed by atoms with Crippen LogP contribution in [0.2, 0.25) is 0 Å². The highest BCUT2D eigenvalue weighted by Crippen LogP contribution is 2.12. The maximum Gasteiger partial charge on any atom is 0.358 e. The molecule has 1 heterocycles. The number of hydrogen-bond acceptors (Lipinski definition) is 6. The SMILES string of the molecule is O=C(COC(=O)c1cnccn1)c1ccc(NC(=O)c2ccccc2)cc1. The molecule has 0 aliphatic heterocycles. The molecule has 134 valence electrons. The number of carbonyl (C=O) groups is 3. The Labute approximate surface area is 155 Å². The van der Waals surface area contributed by atoms with E-state index in [0.29, 0.717) is 16.8 Å². The van der Waals surface area contributed by atoms with Crippen molar-refractivity contribution in [3.8, 4) is 0 Å². The van der Waals surface area contributed by atoms with Crippen molar-refractivity contribution in [3.05, 3.63) is 90.0 Å². The van der Waals surface area contributed by atoms with Crippen LogP contribution in [0.3, 0.4) is 0 Å². The molecular weight excluding hydrogens is 346 g/mol. The summed E-state index contributed by atoms with van der Waals surface area (Å²) in [7, 11) is 0. The molecule has 3 rings (SSSR count). The van der Waals surface area contributed by atoms with Crippen LogP contribution >= 0.6 is 0 Å². The Morgan fingerprint density at radius 3 is 2.30 bits per heavy atom. The fourth-order valence-corrected chi connectivity index (χ4v) is 2.23. The number of ether oxygens (including phenoxy) is 1. The van der Waals surface area contributed by atoms with Crippen LogP contribution in [0.5, 0.6) is 0 Å². The number of amides is 1. The van der Waals surface area contributed by atoms with E-state index in [1.54, 1.807) is 48.5 Å². The number of benzene rings is 2. The maximum absolute atomic E-state index is 12.1. The highest BCUT2D eigenvalue weighted by molar-refractivity contribution is 6.04. The number of aromatic nitrogens is 2. The first-order chi connectivity index (χ1) is 13.1. The van der Waals surface area contributed by atoms with Crippen molar-refractivity contribution in [2.75, 3.05) is 11.9 Å². The van der Waals surface area contributed by atoms with Crippen molar-refractivity contribution >= 4 is 23.3 Å². The van der Waals surface area contributed by atoms with Gasteiger partial charge >= 0.3 is 5.97 Å². The fourth-order valence-electron chi connectivity index (χ4n) is 2.23. The molecule has 1 aromatic heterocycles. The molecule has 0 aliphatic carbocycles. The summed E-state index contributed by atoms with van der Waals surface area (Å²) in [6.45, 7) is -0.412. The number of nitrogens with one attached hydrogen (secondary N) is 1. The summed E-state index contributed by atoms with van der Waals surface area (Å²) in [6.07, 6.45) is 4.05. The Bertz CT molecular complexity index is 942. The standard InChI is InChI=1S/C20H15N3O4/c24-18(13-27-20(26)17-12-21-10-11-22-17)14-6-8-16(9-7-14)23-19(25)15-4-2-1-3-5-15/h1-12H,13H2,(H,23,25). The van der Waals surface area contributed by atoms with Crippen molar-refractivity contribution in [1.29, 1.82) is 0 Å². The average Bonchev–Trinajstić information content (AvgIpc) is 2.73. The predicted octanol–water partition coefficient (Wildman–Crippen LogP) is 2.77. The smallest absolute Gasteiger partial charge is 0.358 e. The third kappa shape index (κ3) is 4.82. The van der Waals surface area contributed by atoms with Crippen LogP contribution in [0, 0.1) is 0 Å². The van der Waals surface area contributed by atoms with Gasteiger partial charge in [-0.3, -0.25) is 14.6 Å². The molecule has 0 spiro atoms. The Kier molecular flexibility index (Phi) is 5.64. The quantitative estimate of drug-likeness (QED) is 0.535. The number of nitrogens with zero attached hydrogens (tertiary/aromatic N) is 2. The van der Waals surface area contributed by atoms with E-state index in [1.165, 1.54) is 18.6 Å². The van der Waals surface area contributed by atoms with E-state index in [9.17, 15) is 14.4 Å². The maximum atomic E-state index is 12.1. The summed E-state index contributed by atoms with van der Waals surface area (Å²) in [4.78, 5) is 43.6. The molecule has 0 fully saturated rings. The van der Waals surface area contributed by atoms with Crippen molar-refractivity contribution in [2.24, 2.45) is 0 Å². The van der Waals surface area contributed by atoms with E-state index >= 15 is 0 Å². The van der Waals surface area contributed by atoms with Crippen LogP contribution < -0.4 is 5.32 Å². The molecular formula is C20H15N3O4. The lowest BCUT2D eigenvalue weighted by atomic mass is 10.1. The molecule has 0 radical (unpaired) electrons. The summed E-state index contributed by atoms with van der Waals surface area (Å²) in [6, 6.07) is 15.1. The zero-order valence-electron chi connectivity index (χ0n) is 14.2. The topological polar surface area (TPSA) is 98.2 Å². The number of rotatable bonds is 6. The molecule has 0 saturated carbocycles. The molecule has 1 amide bonds. The number of carbonyl (C=O) groups excluding carboxylic acids is 3. The van der Waals surface area contributed by atoms with Gasteiger partial charge < -0.3 is 10.1 Å². The summed E-state index contributed by atoms with van der Waals surface area (Å²) in [5, 5.41) is 2.75. The largest absolute Gasteiger partial charge is 0.453 e. The van der Waals surface area contributed by atoms with Crippen LogP contribution in [0.1, 0.15) is 31.2 Å². The number of hydrogen-bond donors (Lipinski definition) is 1. The Hall–Kier alpha value is -3.87. The molecule has 3 aromatic rings. The predicted molar refractivity (Wildman–Crippen MR) is 97.5 cm³/mol. The third-order valence-corrected chi connectivity index (χ3v) is 3.61. The van der Waals surface area contributed by atoms with E-state index in [4.69, 9.17) is 4.74 Å². The monoisotopic (exact) mass is 361 g/mol. The zero-order chi connectivity index (χ0) is 19.1. The highest BCUT2D eigenvalue weighted by Gasteiger charge is 2.13. The lowest BCUT2D eigenvalue weighted by molar-refractivity contribution is 0.0468. The Balaban J connectivity index is 1.56. The first-order valence-corrected chi connectivity index (χ1v) is 8.06. The van der Waals surface area contributed by atoms with Gasteiger partial charge in [0.1, 0.15) is 0 Å². The highest BCUT2D eigenvalue weighted by atomic mass is 16.5. The normalized spacial score (nSPS) is 10.1. The molecule has 2 aromatic carbocycles. The van der Waals surface area contributed by atoms with Gasteiger partial charge in [0, 0.05) is 29.2 Å². The van der Waals surface area contributed by atoms with Crippen molar-refractivity contribution in [1.82, 2.24) is 9.97 Å². The molecule has 0 aliphatic rings. The minimum Gasteiger partial charge on any atom is -0.453 e. The van der Waals surface area contributed by atoms with Crippen LogP contribution in [-0.4, -0.2) is 34.2 Å². The number of esters is 1. The number of Topliss-reactive ketones (excluding diaryl/α,β-unsaturated/α-hetero) is 1. The average molecular weight is 361 g/mol. The van der Waals surface area contributed by atoms with E-state index < -0.39 is 12.6 Å². The van der Waals surface area contributed by atoms with E-state index in [0.717, 1.165) is 0 Å². The van der Waals surface area contributed by atoms with E-state index in [-0.39, 0.29) is 17.4 Å². The van der Waals surface area contributed by atoms with Gasteiger partial charge in [-0.25, -0.2) is 9.78 Å². The lowest BCUT2D eigenvalue weighted by Crippen LogP contribution is -2.15.